The summed E-state index contributed by atoms with van der Waals surface area (Å²) in [7, 11) is 1.97. The first-order valence-corrected chi connectivity index (χ1v) is 4.94. The van der Waals surface area contributed by atoms with Gasteiger partial charge in [-0.1, -0.05) is 18.2 Å². The third kappa shape index (κ3) is 1.80. The number of furan rings is 1. The highest BCUT2D eigenvalue weighted by atomic mass is 16.3. The predicted octanol–water partition coefficient (Wildman–Crippen LogP) is 2.58. The molecule has 74 valence electrons. The fourth-order valence-electron chi connectivity index (χ4n) is 1.54. The van der Waals surface area contributed by atoms with Crippen molar-refractivity contribution in [2.24, 2.45) is 0 Å². The van der Waals surface area contributed by atoms with Gasteiger partial charge in [0.05, 0.1) is 0 Å². The van der Waals surface area contributed by atoms with Crippen molar-refractivity contribution >= 4 is 11.0 Å². The molecule has 0 aliphatic carbocycles. The van der Waals surface area contributed by atoms with Gasteiger partial charge in [-0.3, -0.25) is 0 Å². The minimum atomic E-state index is 0.454. The van der Waals surface area contributed by atoms with Crippen molar-refractivity contribution in [2.45, 2.75) is 19.4 Å². The van der Waals surface area contributed by atoms with Gasteiger partial charge >= 0.3 is 0 Å². The van der Waals surface area contributed by atoms with Gasteiger partial charge < -0.3 is 9.73 Å². The van der Waals surface area contributed by atoms with Gasteiger partial charge in [0.25, 0.3) is 0 Å². The summed E-state index contributed by atoms with van der Waals surface area (Å²) in [6, 6.07) is 10.7. The maximum absolute atomic E-state index is 5.70. The van der Waals surface area contributed by atoms with Crippen molar-refractivity contribution in [3.05, 3.63) is 36.1 Å². The smallest absolute Gasteiger partial charge is 0.134 e. The maximum atomic E-state index is 5.70. The summed E-state index contributed by atoms with van der Waals surface area (Å²) >= 11 is 0. The summed E-state index contributed by atoms with van der Waals surface area (Å²) in [5, 5.41) is 4.38. The summed E-state index contributed by atoms with van der Waals surface area (Å²) in [6.45, 7) is 2.15. The molecule has 2 heteroatoms. The lowest BCUT2D eigenvalue weighted by Gasteiger charge is -2.06. The molecule has 2 nitrogen and oxygen atoms in total. The maximum Gasteiger partial charge on any atom is 0.134 e. The molecule has 0 aliphatic rings. The Morgan fingerprint density at radius 2 is 2.14 bits per heavy atom. The standard InChI is InChI=1S/C12H15NO/c1-9(13-2)7-11-8-10-5-3-4-6-12(10)14-11/h3-6,8-9,13H,7H2,1-2H3/t9-/m1/s1. The number of nitrogens with one attached hydrogen (secondary N) is 1. The molecule has 14 heavy (non-hydrogen) atoms. The SMILES string of the molecule is CN[C@H](C)Cc1cc2ccccc2o1. The van der Waals surface area contributed by atoms with E-state index in [2.05, 4.69) is 24.4 Å². The third-order valence-electron chi connectivity index (χ3n) is 2.48. The number of benzene rings is 1. The lowest BCUT2D eigenvalue weighted by molar-refractivity contribution is 0.497. The average Bonchev–Trinajstić information content (AvgIpc) is 2.59. The van der Waals surface area contributed by atoms with Crippen LogP contribution in [0.4, 0.5) is 0 Å². The number of likely N-dealkylation sites (N-methyl/N-ethyl adjacent to an activating group) is 1. The summed E-state index contributed by atoms with van der Waals surface area (Å²) < 4.78 is 5.70. The summed E-state index contributed by atoms with van der Waals surface area (Å²) in [6.07, 6.45) is 0.936. The van der Waals surface area contributed by atoms with Crippen LogP contribution in [-0.2, 0) is 6.42 Å². The zero-order valence-corrected chi connectivity index (χ0v) is 8.58. The number of rotatable bonds is 3. The topological polar surface area (TPSA) is 25.2 Å². The molecule has 2 rings (SSSR count). The molecular formula is C12H15NO. The highest BCUT2D eigenvalue weighted by molar-refractivity contribution is 5.77. The lowest BCUT2D eigenvalue weighted by atomic mass is 10.2. The van der Waals surface area contributed by atoms with Crippen LogP contribution in [-0.4, -0.2) is 13.1 Å². The number of para-hydroxylation sites is 1. The summed E-state index contributed by atoms with van der Waals surface area (Å²) in [5.74, 6) is 1.05. The summed E-state index contributed by atoms with van der Waals surface area (Å²) in [5.41, 5.74) is 0.978. The minimum absolute atomic E-state index is 0.454. The Kier molecular flexibility index (Phi) is 2.55. The van der Waals surface area contributed by atoms with Crippen LogP contribution in [0, 0.1) is 0 Å². The lowest BCUT2D eigenvalue weighted by Crippen LogP contribution is -2.23. The molecule has 0 bridgehead atoms. The van der Waals surface area contributed by atoms with Crippen LogP contribution in [0.15, 0.2) is 34.7 Å². The van der Waals surface area contributed by atoms with Crippen molar-refractivity contribution in [1.82, 2.24) is 5.32 Å². The Bertz CT molecular complexity index is 386. The molecule has 0 spiro atoms. The zero-order chi connectivity index (χ0) is 9.97. The molecule has 1 atom stereocenters. The normalized spacial score (nSPS) is 13.3. The van der Waals surface area contributed by atoms with E-state index in [0.29, 0.717) is 6.04 Å². The second-order valence-corrected chi connectivity index (χ2v) is 3.64. The molecule has 0 radical (unpaired) electrons. The first-order valence-electron chi connectivity index (χ1n) is 4.94. The first kappa shape index (κ1) is 9.28. The van der Waals surface area contributed by atoms with E-state index in [1.54, 1.807) is 0 Å². The first-order chi connectivity index (χ1) is 6.79. The van der Waals surface area contributed by atoms with Gasteiger partial charge in [-0.05, 0) is 26.1 Å². The molecule has 0 saturated carbocycles. The Hall–Kier alpha value is -1.28. The monoisotopic (exact) mass is 189 g/mol. The number of hydrogen-bond donors (Lipinski definition) is 1. The Balaban J connectivity index is 2.27. The molecule has 0 aliphatic heterocycles. The van der Waals surface area contributed by atoms with Crippen LogP contribution < -0.4 is 5.32 Å². The molecule has 1 aromatic heterocycles. The molecule has 0 fully saturated rings. The van der Waals surface area contributed by atoms with Gasteiger partial charge in [-0.2, -0.15) is 0 Å². The molecule has 0 unspecified atom stereocenters. The zero-order valence-electron chi connectivity index (χ0n) is 8.58. The molecule has 1 aromatic carbocycles. The Labute approximate surface area is 83.9 Å². The summed E-state index contributed by atoms with van der Waals surface area (Å²) in [4.78, 5) is 0. The largest absolute Gasteiger partial charge is 0.461 e. The third-order valence-corrected chi connectivity index (χ3v) is 2.48. The second-order valence-electron chi connectivity index (χ2n) is 3.64. The number of fused-ring (bicyclic) bond motifs is 1. The van der Waals surface area contributed by atoms with Gasteiger partial charge in [-0.15, -0.1) is 0 Å². The van der Waals surface area contributed by atoms with Crippen LogP contribution in [0.1, 0.15) is 12.7 Å². The van der Waals surface area contributed by atoms with Gasteiger partial charge in [0.1, 0.15) is 11.3 Å². The Morgan fingerprint density at radius 3 is 2.86 bits per heavy atom. The average molecular weight is 189 g/mol. The molecule has 2 aromatic rings. The minimum Gasteiger partial charge on any atom is -0.461 e. The van der Waals surface area contributed by atoms with Gasteiger partial charge in [0.15, 0.2) is 0 Å². The van der Waals surface area contributed by atoms with Crippen LogP contribution in [0.25, 0.3) is 11.0 Å². The van der Waals surface area contributed by atoms with E-state index < -0.39 is 0 Å². The van der Waals surface area contributed by atoms with Crippen molar-refractivity contribution in [3.8, 4) is 0 Å². The van der Waals surface area contributed by atoms with Gasteiger partial charge in [0, 0.05) is 17.8 Å². The highest BCUT2D eigenvalue weighted by Gasteiger charge is 2.06. The van der Waals surface area contributed by atoms with Gasteiger partial charge in [-0.25, -0.2) is 0 Å². The van der Waals surface area contributed by atoms with Crippen molar-refractivity contribution in [1.29, 1.82) is 0 Å². The van der Waals surface area contributed by atoms with Crippen molar-refractivity contribution < 1.29 is 4.42 Å². The second kappa shape index (κ2) is 3.84. The van der Waals surface area contributed by atoms with E-state index in [0.717, 1.165) is 17.8 Å². The molecule has 0 saturated heterocycles. The van der Waals surface area contributed by atoms with E-state index in [-0.39, 0.29) is 0 Å². The number of hydrogen-bond acceptors (Lipinski definition) is 2. The van der Waals surface area contributed by atoms with E-state index in [1.807, 2.05) is 25.2 Å². The van der Waals surface area contributed by atoms with Crippen LogP contribution >= 0.6 is 0 Å². The van der Waals surface area contributed by atoms with E-state index in [9.17, 15) is 0 Å². The van der Waals surface area contributed by atoms with Crippen LogP contribution in [0.5, 0.6) is 0 Å². The van der Waals surface area contributed by atoms with Crippen LogP contribution in [0.2, 0.25) is 0 Å². The fourth-order valence-corrected chi connectivity index (χ4v) is 1.54. The predicted molar refractivity (Wildman–Crippen MR) is 58.4 cm³/mol. The van der Waals surface area contributed by atoms with E-state index in [4.69, 9.17) is 4.42 Å². The highest BCUT2D eigenvalue weighted by Crippen LogP contribution is 2.19. The Morgan fingerprint density at radius 1 is 1.36 bits per heavy atom. The molecule has 1 heterocycles. The quantitative estimate of drug-likeness (QED) is 0.802. The molecular weight excluding hydrogens is 174 g/mol. The van der Waals surface area contributed by atoms with E-state index >= 15 is 0 Å². The molecule has 0 amide bonds. The van der Waals surface area contributed by atoms with Gasteiger partial charge in [0.2, 0.25) is 0 Å². The van der Waals surface area contributed by atoms with Crippen molar-refractivity contribution in [3.63, 3.8) is 0 Å². The fraction of sp³-hybridized carbons (Fsp3) is 0.333. The van der Waals surface area contributed by atoms with Crippen molar-refractivity contribution in [2.75, 3.05) is 7.05 Å². The molecule has 1 N–H and O–H groups in total. The van der Waals surface area contributed by atoms with E-state index in [1.165, 1.54) is 5.39 Å². The van der Waals surface area contributed by atoms with Crippen LogP contribution in [0.3, 0.4) is 0 Å².